The maximum Gasteiger partial charge on any atom is 0.186 e. The van der Waals surface area contributed by atoms with Crippen LogP contribution in [0.2, 0.25) is 0 Å². The second-order valence-electron chi connectivity index (χ2n) is 4.83. The van der Waals surface area contributed by atoms with Gasteiger partial charge in [-0.2, -0.15) is 0 Å². The SMILES string of the molecule is CCOc1ccc2nc(S/C=C/C(=O)c3ccc(Br)cc3)sc2c1. The molecule has 0 aliphatic rings. The van der Waals surface area contributed by atoms with E-state index in [0.29, 0.717) is 12.2 Å². The summed E-state index contributed by atoms with van der Waals surface area (Å²) in [5, 5.41) is 1.78. The van der Waals surface area contributed by atoms with Crippen LogP contribution in [0, 0.1) is 0 Å². The lowest BCUT2D eigenvalue weighted by atomic mass is 10.1. The number of hydrogen-bond donors (Lipinski definition) is 0. The van der Waals surface area contributed by atoms with Gasteiger partial charge in [-0.15, -0.1) is 11.3 Å². The van der Waals surface area contributed by atoms with Crippen LogP contribution in [-0.2, 0) is 0 Å². The number of ketones is 1. The molecular weight excluding hydrogens is 406 g/mol. The minimum atomic E-state index is -0.0188. The summed E-state index contributed by atoms with van der Waals surface area (Å²) in [4.78, 5) is 16.6. The summed E-state index contributed by atoms with van der Waals surface area (Å²) in [5.41, 5.74) is 1.61. The summed E-state index contributed by atoms with van der Waals surface area (Å²) in [6, 6.07) is 13.2. The number of ether oxygens (including phenoxy) is 1. The van der Waals surface area contributed by atoms with E-state index in [2.05, 4.69) is 20.9 Å². The molecule has 0 spiro atoms. The number of benzene rings is 2. The van der Waals surface area contributed by atoms with Crippen LogP contribution in [0.3, 0.4) is 0 Å². The van der Waals surface area contributed by atoms with Gasteiger partial charge in [-0.3, -0.25) is 4.79 Å². The summed E-state index contributed by atoms with van der Waals surface area (Å²) >= 11 is 6.40. The number of allylic oxidation sites excluding steroid dienone is 1. The quantitative estimate of drug-likeness (QED) is 0.281. The van der Waals surface area contributed by atoms with Crippen LogP contribution in [0.4, 0.5) is 0 Å². The molecule has 2 aromatic carbocycles. The minimum Gasteiger partial charge on any atom is -0.494 e. The van der Waals surface area contributed by atoms with Gasteiger partial charge < -0.3 is 4.74 Å². The van der Waals surface area contributed by atoms with Crippen molar-refractivity contribution in [1.82, 2.24) is 4.98 Å². The molecule has 0 radical (unpaired) electrons. The molecule has 0 bridgehead atoms. The molecule has 0 saturated carbocycles. The fraction of sp³-hybridized carbons (Fsp3) is 0.111. The Morgan fingerprint density at radius 2 is 2.08 bits per heavy atom. The van der Waals surface area contributed by atoms with Gasteiger partial charge >= 0.3 is 0 Å². The number of carbonyl (C=O) groups is 1. The molecule has 3 aromatic rings. The topological polar surface area (TPSA) is 39.2 Å². The first-order chi connectivity index (χ1) is 11.7. The monoisotopic (exact) mass is 419 g/mol. The fourth-order valence-corrected chi connectivity index (χ4v) is 4.13. The number of halogens is 1. The zero-order chi connectivity index (χ0) is 16.9. The fourth-order valence-electron chi connectivity index (χ4n) is 2.06. The Balaban J connectivity index is 1.68. The second-order valence-corrected chi connectivity index (χ2v) is 7.93. The molecule has 24 heavy (non-hydrogen) atoms. The number of thiazole rings is 1. The lowest BCUT2D eigenvalue weighted by Gasteiger charge is -2.00. The summed E-state index contributed by atoms with van der Waals surface area (Å²) in [6.07, 6.45) is 1.57. The van der Waals surface area contributed by atoms with Crippen LogP contribution in [0.1, 0.15) is 17.3 Å². The van der Waals surface area contributed by atoms with Crippen molar-refractivity contribution in [1.29, 1.82) is 0 Å². The predicted octanol–water partition coefficient (Wildman–Crippen LogP) is 5.95. The molecule has 0 N–H and O–H groups in total. The van der Waals surface area contributed by atoms with E-state index in [1.807, 2.05) is 37.3 Å². The molecule has 3 nitrogen and oxygen atoms in total. The third-order valence-electron chi connectivity index (χ3n) is 3.17. The minimum absolute atomic E-state index is 0.0188. The van der Waals surface area contributed by atoms with E-state index in [1.165, 1.54) is 11.8 Å². The van der Waals surface area contributed by atoms with Gasteiger partial charge in [0, 0.05) is 10.0 Å². The highest BCUT2D eigenvalue weighted by molar-refractivity contribution is 9.10. The lowest BCUT2D eigenvalue weighted by molar-refractivity contribution is 0.104. The number of aromatic nitrogens is 1. The van der Waals surface area contributed by atoms with Gasteiger partial charge in [0.1, 0.15) is 5.75 Å². The maximum absolute atomic E-state index is 12.1. The molecule has 1 aromatic heterocycles. The number of thioether (sulfide) groups is 1. The average Bonchev–Trinajstić information content (AvgIpc) is 2.97. The highest BCUT2D eigenvalue weighted by Crippen LogP contribution is 2.32. The smallest absolute Gasteiger partial charge is 0.186 e. The number of hydrogen-bond acceptors (Lipinski definition) is 5. The Labute approximate surface area is 156 Å². The lowest BCUT2D eigenvalue weighted by Crippen LogP contribution is -1.92. The molecule has 0 atom stereocenters. The third kappa shape index (κ3) is 4.26. The van der Waals surface area contributed by atoms with Crippen LogP contribution in [0.25, 0.3) is 10.2 Å². The van der Waals surface area contributed by atoms with E-state index < -0.39 is 0 Å². The van der Waals surface area contributed by atoms with Crippen molar-refractivity contribution in [2.75, 3.05) is 6.61 Å². The van der Waals surface area contributed by atoms with Gasteiger partial charge in [-0.1, -0.05) is 27.7 Å². The van der Waals surface area contributed by atoms with Gasteiger partial charge in [0.05, 0.1) is 16.8 Å². The van der Waals surface area contributed by atoms with Crippen molar-refractivity contribution in [2.24, 2.45) is 0 Å². The van der Waals surface area contributed by atoms with Crippen LogP contribution < -0.4 is 4.74 Å². The van der Waals surface area contributed by atoms with Gasteiger partial charge in [0.15, 0.2) is 10.1 Å². The van der Waals surface area contributed by atoms with E-state index in [9.17, 15) is 4.79 Å². The van der Waals surface area contributed by atoms with Crippen molar-refractivity contribution in [3.8, 4) is 5.75 Å². The molecule has 6 heteroatoms. The van der Waals surface area contributed by atoms with E-state index in [4.69, 9.17) is 4.74 Å². The molecule has 3 rings (SSSR count). The maximum atomic E-state index is 12.1. The largest absolute Gasteiger partial charge is 0.494 e. The number of carbonyl (C=O) groups excluding carboxylic acids is 1. The van der Waals surface area contributed by atoms with Crippen LogP contribution in [-0.4, -0.2) is 17.4 Å². The predicted molar refractivity (Wildman–Crippen MR) is 104 cm³/mol. The van der Waals surface area contributed by atoms with E-state index in [1.54, 1.807) is 35.0 Å². The number of rotatable bonds is 6. The summed E-state index contributed by atoms with van der Waals surface area (Å²) in [7, 11) is 0. The molecule has 0 aliphatic heterocycles. The highest BCUT2D eigenvalue weighted by Gasteiger charge is 2.06. The first kappa shape index (κ1) is 17.2. The second kappa shape index (κ2) is 7.96. The Morgan fingerprint density at radius 1 is 1.29 bits per heavy atom. The van der Waals surface area contributed by atoms with Crippen molar-refractivity contribution >= 4 is 55.0 Å². The van der Waals surface area contributed by atoms with E-state index in [-0.39, 0.29) is 5.78 Å². The molecular formula is C18H14BrNO2S2. The zero-order valence-corrected chi connectivity index (χ0v) is 16.1. The first-order valence-electron chi connectivity index (χ1n) is 7.32. The molecule has 122 valence electrons. The Bertz CT molecular complexity index is 888. The molecule has 0 saturated heterocycles. The number of nitrogens with zero attached hydrogens (tertiary/aromatic N) is 1. The Morgan fingerprint density at radius 3 is 2.83 bits per heavy atom. The van der Waals surface area contributed by atoms with Crippen molar-refractivity contribution in [3.05, 3.63) is 64.0 Å². The molecule has 1 heterocycles. The molecule has 0 unspecified atom stereocenters. The van der Waals surface area contributed by atoms with E-state index in [0.717, 1.165) is 24.8 Å². The normalized spacial score (nSPS) is 11.2. The van der Waals surface area contributed by atoms with E-state index >= 15 is 0 Å². The standard InChI is InChI=1S/C18H14BrNO2S2/c1-2-22-14-7-8-15-17(11-14)24-18(20-15)23-10-9-16(21)12-3-5-13(19)6-4-12/h3-11H,2H2,1H3/b10-9+. The molecule has 0 aliphatic carbocycles. The number of fused-ring (bicyclic) bond motifs is 1. The zero-order valence-electron chi connectivity index (χ0n) is 12.9. The van der Waals surface area contributed by atoms with Gasteiger partial charge in [-0.05, 0) is 60.9 Å². The summed E-state index contributed by atoms with van der Waals surface area (Å²) < 4.78 is 8.44. The third-order valence-corrected chi connectivity index (χ3v) is 5.61. The van der Waals surface area contributed by atoms with Gasteiger partial charge in [0.2, 0.25) is 0 Å². The van der Waals surface area contributed by atoms with Crippen molar-refractivity contribution in [3.63, 3.8) is 0 Å². The van der Waals surface area contributed by atoms with Gasteiger partial charge in [0.25, 0.3) is 0 Å². The highest BCUT2D eigenvalue weighted by atomic mass is 79.9. The Kier molecular flexibility index (Phi) is 5.71. The Hall–Kier alpha value is -1.63. The van der Waals surface area contributed by atoms with Gasteiger partial charge in [-0.25, -0.2) is 4.98 Å². The van der Waals surface area contributed by atoms with Crippen LogP contribution in [0.15, 0.2) is 62.8 Å². The van der Waals surface area contributed by atoms with Crippen LogP contribution >= 0.6 is 39.0 Å². The van der Waals surface area contributed by atoms with Crippen LogP contribution in [0.5, 0.6) is 5.75 Å². The molecule has 0 amide bonds. The van der Waals surface area contributed by atoms with Crippen molar-refractivity contribution in [2.45, 2.75) is 11.3 Å². The summed E-state index contributed by atoms with van der Waals surface area (Å²) in [5.74, 6) is 0.834. The summed E-state index contributed by atoms with van der Waals surface area (Å²) in [6.45, 7) is 2.61. The average molecular weight is 420 g/mol. The van der Waals surface area contributed by atoms with Crippen molar-refractivity contribution < 1.29 is 9.53 Å². The molecule has 0 fully saturated rings. The first-order valence-corrected chi connectivity index (χ1v) is 9.81.